The number of hydrogen-bond acceptors (Lipinski definition) is 6. The molecule has 2 aromatic heterocycles. The topological polar surface area (TPSA) is 94.5 Å². The molecule has 0 amide bonds. The van der Waals surface area contributed by atoms with Gasteiger partial charge in [0.2, 0.25) is 5.95 Å². The summed E-state index contributed by atoms with van der Waals surface area (Å²) in [6.07, 6.45) is 5.04. The van der Waals surface area contributed by atoms with Gasteiger partial charge >= 0.3 is 0 Å². The lowest BCUT2D eigenvalue weighted by molar-refractivity contribution is 0.607. The van der Waals surface area contributed by atoms with Crippen molar-refractivity contribution < 1.29 is 0 Å². The largest absolute Gasteiger partial charge is 0.384 e. The van der Waals surface area contributed by atoms with Crippen LogP contribution in [0, 0.1) is 0 Å². The summed E-state index contributed by atoms with van der Waals surface area (Å²) in [5, 5.41) is 10.6. The molecule has 0 saturated heterocycles. The molecular weight excluding hydrogens is 194 g/mol. The predicted octanol–water partition coefficient (Wildman–Crippen LogP) is -0.238. The fourth-order valence-corrected chi connectivity index (χ4v) is 1.09. The monoisotopic (exact) mass is 205 g/mol. The molecule has 15 heavy (non-hydrogen) atoms. The fraction of sp³-hybridized carbons (Fsp3) is 0.250. The first-order chi connectivity index (χ1) is 7.34. The van der Waals surface area contributed by atoms with E-state index in [-0.39, 0.29) is 0 Å². The summed E-state index contributed by atoms with van der Waals surface area (Å²) in [6.45, 7) is 1.38. The molecule has 0 fully saturated rings. The van der Waals surface area contributed by atoms with Gasteiger partial charge in [-0.1, -0.05) is 5.21 Å². The van der Waals surface area contributed by atoms with E-state index in [0.29, 0.717) is 24.9 Å². The zero-order valence-corrected chi connectivity index (χ0v) is 8.04. The predicted molar refractivity (Wildman–Crippen MR) is 55.0 cm³/mol. The van der Waals surface area contributed by atoms with Gasteiger partial charge in [-0.05, 0) is 6.07 Å². The molecule has 0 aromatic carbocycles. The van der Waals surface area contributed by atoms with Crippen molar-refractivity contribution in [2.24, 2.45) is 0 Å². The van der Waals surface area contributed by atoms with Crippen LogP contribution in [0.3, 0.4) is 0 Å². The summed E-state index contributed by atoms with van der Waals surface area (Å²) in [5.41, 5.74) is 5.51. The Morgan fingerprint density at radius 1 is 1.40 bits per heavy atom. The van der Waals surface area contributed by atoms with Crippen LogP contribution >= 0.6 is 0 Å². The Morgan fingerprint density at radius 2 is 2.33 bits per heavy atom. The van der Waals surface area contributed by atoms with Gasteiger partial charge < -0.3 is 11.1 Å². The third-order valence-corrected chi connectivity index (χ3v) is 1.77. The van der Waals surface area contributed by atoms with E-state index in [4.69, 9.17) is 5.73 Å². The maximum atomic E-state index is 5.51. The Balaban J connectivity index is 1.83. The zero-order chi connectivity index (χ0) is 10.5. The average Bonchev–Trinajstić information content (AvgIpc) is 2.71. The van der Waals surface area contributed by atoms with E-state index < -0.39 is 0 Å². The van der Waals surface area contributed by atoms with Crippen molar-refractivity contribution in [2.45, 2.75) is 6.54 Å². The molecule has 0 aliphatic rings. The van der Waals surface area contributed by atoms with Crippen LogP contribution in [0.2, 0.25) is 0 Å². The van der Waals surface area contributed by atoms with Crippen LogP contribution in [0.5, 0.6) is 0 Å². The number of nitrogens with one attached hydrogen (secondary N) is 1. The van der Waals surface area contributed by atoms with E-state index in [1.807, 2.05) is 0 Å². The van der Waals surface area contributed by atoms with E-state index in [9.17, 15) is 0 Å². The Morgan fingerprint density at radius 3 is 3.07 bits per heavy atom. The molecule has 2 heterocycles. The number of anilines is 2. The van der Waals surface area contributed by atoms with Crippen LogP contribution in [0.25, 0.3) is 0 Å². The molecule has 0 atom stereocenters. The molecule has 7 heteroatoms. The van der Waals surface area contributed by atoms with E-state index >= 15 is 0 Å². The maximum absolute atomic E-state index is 5.51. The summed E-state index contributed by atoms with van der Waals surface area (Å²) in [4.78, 5) is 8.01. The Labute approximate surface area is 86.3 Å². The highest BCUT2D eigenvalue weighted by atomic mass is 15.4. The quantitative estimate of drug-likeness (QED) is 0.715. The molecule has 2 aromatic rings. The molecule has 0 aliphatic heterocycles. The second-order valence-corrected chi connectivity index (χ2v) is 2.90. The van der Waals surface area contributed by atoms with Gasteiger partial charge in [0.15, 0.2) is 0 Å². The minimum absolute atomic E-state index is 0.452. The minimum atomic E-state index is 0.452. The summed E-state index contributed by atoms with van der Waals surface area (Å²) in [7, 11) is 0. The maximum Gasteiger partial charge on any atom is 0.224 e. The summed E-state index contributed by atoms with van der Waals surface area (Å²) < 4.78 is 1.72. The van der Waals surface area contributed by atoms with E-state index in [1.54, 1.807) is 29.3 Å². The number of aromatic nitrogens is 5. The zero-order valence-electron chi connectivity index (χ0n) is 8.04. The van der Waals surface area contributed by atoms with Gasteiger partial charge in [-0.15, -0.1) is 5.10 Å². The lowest BCUT2D eigenvalue weighted by Crippen LogP contribution is -2.13. The molecule has 78 valence electrons. The van der Waals surface area contributed by atoms with Gasteiger partial charge in [0, 0.05) is 18.9 Å². The first kappa shape index (κ1) is 9.38. The summed E-state index contributed by atoms with van der Waals surface area (Å²) >= 11 is 0. The van der Waals surface area contributed by atoms with Gasteiger partial charge in [-0.3, -0.25) is 4.68 Å². The fourth-order valence-electron chi connectivity index (χ4n) is 1.09. The average molecular weight is 205 g/mol. The molecule has 0 aliphatic carbocycles. The first-order valence-corrected chi connectivity index (χ1v) is 4.51. The molecule has 0 spiro atoms. The third kappa shape index (κ3) is 2.63. The van der Waals surface area contributed by atoms with Crippen LogP contribution in [0.15, 0.2) is 24.7 Å². The van der Waals surface area contributed by atoms with Gasteiger partial charge in [0.1, 0.15) is 5.82 Å². The number of hydrogen-bond donors (Lipinski definition) is 2. The highest BCUT2D eigenvalue weighted by molar-refractivity contribution is 5.34. The van der Waals surface area contributed by atoms with Crippen LogP contribution in [0.4, 0.5) is 11.8 Å². The number of nitrogen functional groups attached to an aromatic ring is 1. The normalized spacial score (nSPS) is 10.1. The number of rotatable bonds is 4. The second kappa shape index (κ2) is 4.36. The molecule has 3 N–H and O–H groups in total. The van der Waals surface area contributed by atoms with Crippen molar-refractivity contribution in [2.75, 3.05) is 17.6 Å². The second-order valence-electron chi connectivity index (χ2n) is 2.90. The van der Waals surface area contributed by atoms with E-state index in [2.05, 4.69) is 25.6 Å². The van der Waals surface area contributed by atoms with Crippen molar-refractivity contribution in [1.82, 2.24) is 25.0 Å². The minimum Gasteiger partial charge on any atom is -0.384 e. The molecule has 0 radical (unpaired) electrons. The van der Waals surface area contributed by atoms with Gasteiger partial charge in [0.25, 0.3) is 0 Å². The molecule has 0 saturated carbocycles. The smallest absolute Gasteiger partial charge is 0.224 e. The van der Waals surface area contributed by atoms with Crippen molar-refractivity contribution in [3.8, 4) is 0 Å². The van der Waals surface area contributed by atoms with Crippen molar-refractivity contribution >= 4 is 11.8 Å². The molecule has 0 unspecified atom stereocenters. The van der Waals surface area contributed by atoms with E-state index in [0.717, 1.165) is 0 Å². The highest BCUT2D eigenvalue weighted by Crippen LogP contribution is 2.00. The Kier molecular flexibility index (Phi) is 2.72. The Hall–Kier alpha value is -2.18. The van der Waals surface area contributed by atoms with Crippen LogP contribution < -0.4 is 11.1 Å². The van der Waals surface area contributed by atoms with Crippen molar-refractivity contribution in [3.63, 3.8) is 0 Å². The van der Waals surface area contributed by atoms with E-state index in [1.165, 1.54) is 0 Å². The Bertz CT molecular complexity index is 411. The van der Waals surface area contributed by atoms with Gasteiger partial charge in [-0.25, -0.2) is 4.98 Å². The van der Waals surface area contributed by atoms with Gasteiger partial charge in [-0.2, -0.15) is 4.98 Å². The lowest BCUT2D eigenvalue weighted by atomic mass is 10.6. The number of nitrogens with zero attached hydrogens (tertiary/aromatic N) is 5. The van der Waals surface area contributed by atoms with Gasteiger partial charge in [0.05, 0.1) is 12.7 Å². The summed E-state index contributed by atoms with van der Waals surface area (Å²) in [5.74, 6) is 0.975. The molecular formula is C8H11N7. The highest BCUT2D eigenvalue weighted by Gasteiger charge is 1.96. The standard InChI is InChI=1S/C8H11N7/c9-7-1-2-10-8(13-7)11-3-5-15-6-4-12-14-15/h1-2,4,6H,3,5H2,(H3,9,10,11,13). The SMILES string of the molecule is Nc1ccnc(NCCn2ccnn2)n1. The molecule has 2 rings (SSSR count). The molecule has 7 nitrogen and oxygen atoms in total. The number of nitrogens with two attached hydrogens (primary N) is 1. The first-order valence-electron chi connectivity index (χ1n) is 4.51. The van der Waals surface area contributed by atoms with Crippen molar-refractivity contribution in [3.05, 3.63) is 24.7 Å². The summed E-state index contributed by atoms with van der Waals surface area (Å²) in [6, 6.07) is 1.64. The van der Waals surface area contributed by atoms with Crippen molar-refractivity contribution in [1.29, 1.82) is 0 Å². The van der Waals surface area contributed by atoms with Crippen LogP contribution in [-0.2, 0) is 6.54 Å². The third-order valence-electron chi connectivity index (χ3n) is 1.77. The van der Waals surface area contributed by atoms with Crippen LogP contribution in [0.1, 0.15) is 0 Å². The lowest BCUT2D eigenvalue weighted by Gasteiger charge is -2.04. The van der Waals surface area contributed by atoms with Crippen LogP contribution in [-0.4, -0.2) is 31.5 Å². The molecule has 0 bridgehead atoms.